The van der Waals surface area contributed by atoms with Gasteiger partial charge in [0.05, 0.1) is 6.20 Å². The van der Waals surface area contributed by atoms with Gasteiger partial charge in [-0.25, -0.2) is 9.78 Å². The number of aromatic amines is 1. The largest absolute Gasteiger partial charge is 0.450 e. The molecule has 1 aromatic carbocycles. The Morgan fingerprint density at radius 1 is 0.905 bits per heavy atom. The van der Waals surface area contributed by atoms with E-state index in [0.717, 1.165) is 0 Å². The van der Waals surface area contributed by atoms with Crippen LogP contribution in [0.5, 0.6) is 23.3 Å². The molecular formula is C15H11N3O3. The molecule has 0 aliphatic carbocycles. The molecule has 0 saturated carbocycles. The van der Waals surface area contributed by atoms with Crippen LogP contribution in [-0.4, -0.2) is 15.0 Å². The first-order valence-corrected chi connectivity index (χ1v) is 6.22. The Hall–Kier alpha value is -3.15. The number of para-hydroxylation sites is 1. The van der Waals surface area contributed by atoms with E-state index in [1.165, 1.54) is 6.20 Å². The molecule has 0 bridgehead atoms. The second-order valence-corrected chi connectivity index (χ2v) is 4.07. The Balaban J connectivity index is 1.92. The van der Waals surface area contributed by atoms with Gasteiger partial charge in [-0.15, -0.1) is 0 Å². The zero-order valence-electron chi connectivity index (χ0n) is 10.9. The lowest BCUT2D eigenvalue weighted by molar-refractivity contribution is 0.391. The first-order valence-electron chi connectivity index (χ1n) is 6.22. The first kappa shape index (κ1) is 12.9. The van der Waals surface area contributed by atoms with Crippen LogP contribution in [0.1, 0.15) is 0 Å². The quantitative estimate of drug-likeness (QED) is 0.795. The number of hydrogen-bond donors (Lipinski definition) is 1. The van der Waals surface area contributed by atoms with Crippen molar-refractivity contribution in [1.82, 2.24) is 15.0 Å². The summed E-state index contributed by atoms with van der Waals surface area (Å²) >= 11 is 0. The summed E-state index contributed by atoms with van der Waals surface area (Å²) in [6, 6.07) is 14.4. The highest BCUT2D eigenvalue weighted by atomic mass is 16.5. The molecule has 6 nitrogen and oxygen atoms in total. The molecule has 21 heavy (non-hydrogen) atoms. The van der Waals surface area contributed by atoms with E-state index in [2.05, 4.69) is 15.0 Å². The molecule has 0 aliphatic heterocycles. The smallest absolute Gasteiger partial charge is 0.347 e. The van der Waals surface area contributed by atoms with E-state index < -0.39 is 5.69 Å². The Morgan fingerprint density at radius 2 is 1.71 bits per heavy atom. The van der Waals surface area contributed by atoms with Crippen LogP contribution in [-0.2, 0) is 0 Å². The number of H-pyrrole nitrogens is 1. The predicted molar refractivity (Wildman–Crippen MR) is 75.7 cm³/mol. The average Bonchev–Trinajstić information content (AvgIpc) is 2.52. The molecule has 0 fully saturated rings. The van der Waals surface area contributed by atoms with Gasteiger partial charge < -0.3 is 9.47 Å². The maximum atomic E-state index is 11.4. The molecule has 0 saturated heterocycles. The zero-order valence-corrected chi connectivity index (χ0v) is 10.9. The van der Waals surface area contributed by atoms with Crippen molar-refractivity contribution in [1.29, 1.82) is 0 Å². The van der Waals surface area contributed by atoms with Crippen LogP contribution in [0.3, 0.4) is 0 Å². The monoisotopic (exact) mass is 281 g/mol. The molecule has 0 aliphatic rings. The molecule has 6 heteroatoms. The number of benzene rings is 1. The number of nitrogens with one attached hydrogen (secondary N) is 1. The SMILES string of the molecule is O=c1ncc(Oc2ccccc2)c(Oc2ccccn2)[nH]1. The number of ether oxygens (including phenoxy) is 2. The maximum Gasteiger partial charge on any atom is 0.347 e. The van der Waals surface area contributed by atoms with E-state index in [1.54, 1.807) is 36.5 Å². The van der Waals surface area contributed by atoms with Crippen LogP contribution in [0.4, 0.5) is 0 Å². The molecule has 0 amide bonds. The van der Waals surface area contributed by atoms with E-state index in [1.807, 2.05) is 18.2 Å². The van der Waals surface area contributed by atoms with Crippen molar-refractivity contribution in [3.63, 3.8) is 0 Å². The van der Waals surface area contributed by atoms with Gasteiger partial charge in [0, 0.05) is 12.3 Å². The van der Waals surface area contributed by atoms with E-state index >= 15 is 0 Å². The van der Waals surface area contributed by atoms with Gasteiger partial charge in [0.1, 0.15) is 5.75 Å². The number of nitrogens with zero attached hydrogens (tertiary/aromatic N) is 2. The third-order valence-corrected chi connectivity index (χ3v) is 2.56. The van der Waals surface area contributed by atoms with Gasteiger partial charge in [-0.3, -0.25) is 4.98 Å². The normalized spacial score (nSPS) is 10.1. The Kier molecular flexibility index (Phi) is 3.60. The average molecular weight is 281 g/mol. The third kappa shape index (κ3) is 3.24. The zero-order chi connectivity index (χ0) is 14.5. The van der Waals surface area contributed by atoms with Gasteiger partial charge in [-0.1, -0.05) is 24.3 Å². The van der Waals surface area contributed by atoms with Crippen molar-refractivity contribution in [3.05, 3.63) is 71.4 Å². The van der Waals surface area contributed by atoms with Crippen LogP contribution in [0, 0.1) is 0 Å². The van der Waals surface area contributed by atoms with Gasteiger partial charge >= 0.3 is 5.69 Å². The Bertz CT molecular complexity index is 773. The van der Waals surface area contributed by atoms with E-state index in [4.69, 9.17) is 9.47 Å². The van der Waals surface area contributed by atoms with Crippen LogP contribution in [0.2, 0.25) is 0 Å². The Morgan fingerprint density at radius 3 is 2.48 bits per heavy atom. The highest BCUT2D eigenvalue weighted by Crippen LogP contribution is 2.30. The fourth-order valence-electron chi connectivity index (χ4n) is 1.64. The third-order valence-electron chi connectivity index (χ3n) is 2.56. The van der Waals surface area contributed by atoms with Gasteiger partial charge in [0.2, 0.25) is 17.5 Å². The van der Waals surface area contributed by atoms with Gasteiger partial charge in [-0.05, 0) is 18.2 Å². The highest BCUT2D eigenvalue weighted by molar-refractivity contribution is 5.37. The van der Waals surface area contributed by atoms with Crippen LogP contribution in [0.15, 0.2) is 65.7 Å². The van der Waals surface area contributed by atoms with Gasteiger partial charge in [-0.2, -0.15) is 4.98 Å². The lowest BCUT2D eigenvalue weighted by Crippen LogP contribution is -2.11. The fourth-order valence-corrected chi connectivity index (χ4v) is 1.64. The molecule has 0 atom stereocenters. The van der Waals surface area contributed by atoms with Crippen molar-refractivity contribution in [2.75, 3.05) is 0 Å². The number of aromatic nitrogens is 3. The van der Waals surface area contributed by atoms with Crippen molar-refractivity contribution in [2.45, 2.75) is 0 Å². The molecule has 0 radical (unpaired) electrons. The number of hydrogen-bond acceptors (Lipinski definition) is 5. The lowest BCUT2D eigenvalue weighted by Gasteiger charge is -2.10. The maximum absolute atomic E-state index is 11.4. The summed E-state index contributed by atoms with van der Waals surface area (Å²) in [6.07, 6.45) is 2.90. The summed E-state index contributed by atoms with van der Waals surface area (Å²) in [5.41, 5.74) is -0.527. The number of rotatable bonds is 4. The van der Waals surface area contributed by atoms with Crippen LogP contribution < -0.4 is 15.2 Å². The van der Waals surface area contributed by atoms with E-state index in [9.17, 15) is 4.79 Å². The fraction of sp³-hybridized carbons (Fsp3) is 0. The minimum Gasteiger partial charge on any atom is -0.450 e. The highest BCUT2D eigenvalue weighted by Gasteiger charge is 2.10. The summed E-state index contributed by atoms with van der Waals surface area (Å²) in [5, 5.41) is 0. The summed E-state index contributed by atoms with van der Waals surface area (Å²) in [6.45, 7) is 0. The molecule has 1 N–H and O–H groups in total. The molecule has 104 valence electrons. The van der Waals surface area contributed by atoms with E-state index in [0.29, 0.717) is 17.4 Å². The predicted octanol–water partition coefficient (Wildman–Crippen LogP) is 2.75. The summed E-state index contributed by atoms with van der Waals surface area (Å²) < 4.78 is 11.2. The van der Waals surface area contributed by atoms with Crippen molar-refractivity contribution in [3.8, 4) is 23.3 Å². The second-order valence-electron chi connectivity index (χ2n) is 4.07. The van der Waals surface area contributed by atoms with Crippen molar-refractivity contribution in [2.24, 2.45) is 0 Å². The molecular weight excluding hydrogens is 270 g/mol. The molecule has 0 spiro atoms. The minimum atomic E-state index is -0.527. The van der Waals surface area contributed by atoms with Crippen molar-refractivity contribution < 1.29 is 9.47 Å². The van der Waals surface area contributed by atoms with Crippen LogP contribution >= 0.6 is 0 Å². The molecule has 2 aromatic heterocycles. The lowest BCUT2D eigenvalue weighted by atomic mass is 10.3. The van der Waals surface area contributed by atoms with Crippen LogP contribution in [0.25, 0.3) is 0 Å². The molecule has 2 heterocycles. The van der Waals surface area contributed by atoms with Gasteiger partial charge in [0.15, 0.2) is 0 Å². The van der Waals surface area contributed by atoms with Crippen molar-refractivity contribution >= 4 is 0 Å². The van der Waals surface area contributed by atoms with Gasteiger partial charge in [0.25, 0.3) is 0 Å². The number of pyridine rings is 1. The second kappa shape index (κ2) is 5.87. The van der Waals surface area contributed by atoms with E-state index in [-0.39, 0.29) is 5.88 Å². The Labute approximate surface area is 120 Å². The molecule has 0 unspecified atom stereocenters. The summed E-state index contributed by atoms with van der Waals surface area (Å²) in [5.74, 6) is 1.40. The topological polar surface area (TPSA) is 77.1 Å². The summed E-state index contributed by atoms with van der Waals surface area (Å²) in [7, 11) is 0. The summed E-state index contributed by atoms with van der Waals surface area (Å²) in [4.78, 5) is 21.5. The molecule has 3 rings (SSSR count). The minimum absolute atomic E-state index is 0.151. The standard InChI is InChI=1S/C15H11N3O3/c19-15-17-10-12(20-11-6-2-1-3-7-11)14(18-15)21-13-8-4-5-9-16-13/h1-10H,(H,17,18,19). The first-order chi connectivity index (χ1) is 10.3. The molecule has 3 aromatic rings.